The van der Waals surface area contributed by atoms with Gasteiger partial charge < -0.3 is 10.1 Å². The van der Waals surface area contributed by atoms with E-state index in [0.29, 0.717) is 6.04 Å². The summed E-state index contributed by atoms with van der Waals surface area (Å²) in [6.07, 6.45) is 7.46. The third-order valence-corrected chi connectivity index (χ3v) is 4.86. The zero-order chi connectivity index (χ0) is 13.9. The van der Waals surface area contributed by atoms with E-state index >= 15 is 0 Å². The topological polar surface area (TPSA) is 21.3 Å². The van der Waals surface area contributed by atoms with Crippen LogP contribution in [0.25, 0.3) is 0 Å². The van der Waals surface area contributed by atoms with Crippen molar-refractivity contribution in [3.8, 4) is 5.75 Å². The van der Waals surface area contributed by atoms with Gasteiger partial charge in [-0.2, -0.15) is 0 Å². The second kappa shape index (κ2) is 6.48. The molecule has 1 aromatic carbocycles. The Kier molecular flexibility index (Phi) is 4.67. The van der Waals surface area contributed by atoms with Crippen LogP contribution in [0.2, 0.25) is 0 Å². The molecule has 20 heavy (non-hydrogen) atoms. The summed E-state index contributed by atoms with van der Waals surface area (Å²) in [5, 5.41) is 3.73. The van der Waals surface area contributed by atoms with Gasteiger partial charge in [0, 0.05) is 16.9 Å². The summed E-state index contributed by atoms with van der Waals surface area (Å²) in [4.78, 5) is 0. The van der Waals surface area contributed by atoms with E-state index in [1.54, 1.807) is 0 Å². The number of rotatable bonds is 7. The summed E-state index contributed by atoms with van der Waals surface area (Å²) >= 11 is 3.63. The molecule has 0 spiro atoms. The molecular formula is C17H24BrNO. The molecule has 1 N–H and O–H groups in total. The van der Waals surface area contributed by atoms with Gasteiger partial charge in [-0.15, -0.1) is 0 Å². The standard InChI is InChI=1S/C17H24BrNO/c1-2-8-19-16(12-3-4-12)6-5-13-10-15(18)11-14-7-9-20-17(13)14/h10-12,16,19H,2-9H2,1H3. The predicted octanol–water partition coefficient (Wildman–Crippen LogP) is 4.09. The summed E-state index contributed by atoms with van der Waals surface area (Å²) < 4.78 is 7.03. The van der Waals surface area contributed by atoms with E-state index in [-0.39, 0.29) is 0 Å². The summed E-state index contributed by atoms with van der Waals surface area (Å²) in [6, 6.07) is 5.15. The van der Waals surface area contributed by atoms with Crippen molar-refractivity contribution in [1.29, 1.82) is 0 Å². The van der Waals surface area contributed by atoms with Gasteiger partial charge >= 0.3 is 0 Å². The Balaban J connectivity index is 1.65. The first-order valence-corrected chi connectivity index (χ1v) is 8.74. The number of halogens is 1. The van der Waals surface area contributed by atoms with E-state index in [9.17, 15) is 0 Å². The SMILES string of the molecule is CCCNC(CCc1cc(Br)cc2c1OCC2)C1CC1. The van der Waals surface area contributed by atoms with Gasteiger partial charge in [0.1, 0.15) is 5.75 Å². The zero-order valence-electron chi connectivity index (χ0n) is 12.3. The summed E-state index contributed by atoms with van der Waals surface area (Å²) in [6.45, 7) is 4.24. The summed E-state index contributed by atoms with van der Waals surface area (Å²) in [5.41, 5.74) is 2.76. The highest BCUT2D eigenvalue weighted by molar-refractivity contribution is 9.10. The molecule has 1 fully saturated rings. The van der Waals surface area contributed by atoms with Gasteiger partial charge in [0.05, 0.1) is 6.61 Å². The van der Waals surface area contributed by atoms with E-state index in [4.69, 9.17) is 4.74 Å². The Morgan fingerprint density at radius 3 is 3.00 bits per heavy atom. The van der Waals surface area contributed by atoms with E-state index in [1.165, 1.54) is 47.0 Å². The minimum Gasteiger partial charge on any atom is -0.493 e. The maximum atomic E-state index is 5.83. The maximum absolute atomic E-state index is 5.83. The Morgan fingerprint density at radius 1 is 1.40 bits per heavy atom. The fourth-order valence-electron chi connectivity index (χ4n) is 3.18. The van der Waals surface area contributed by atoms with Crippen LogP contribution in [0.5, 0.6) is 5.75 Å². The van der Waals surface area contributed by atoms with Crippen molar-refractivity contribution in [3.05, 3.63) is 27.7 Å². The average Bonchev–Trinajstić information content (AvgIpc) is 3.16. The normalized spacial score (nSPS) is 18.7. The van der Waals surface area contributed by atoms with Crippen molar-refractivity contribution in [2.75, 3.05) is 13.2 Å². The molecule has 1 heterocycles. The lowest BCUT2D eigenvalue weighted by Gasteiger charge is -2.18. The van der Waals surface area contributed by atoms with Crippen LogP contribution < -0.4 is 10.1 Å². The number of ether oxygens (including phenoxy) is 1. The van der Waals surface area contributed by atoms with Gasteiger partial charge in [-0.25, -0.2) is 0 Å². The van der Waals surface area contributed by atoms with Crippen molar-refractivity contribution >= 4 is 15.9 Å². The van der Waals surface area contributed by atoms with Crippen molar-refractivity contribution in [3.63, 3.8) is 0 Å². The van der Waals surface area contributed by atoms with Crippen LogP contribution >= 0.6 is 15.9 Å². The zero-order valence-corrected chi connectivity index (χ0v) is 13.8. The Morgan fingerprint density at radius 2 is 2.25 bits per heavy atom. The highest BCUT2D eigenvalue weighted by Gasteiger charge is 2.30. The molecule has 3 rings (SSSR count). The minimum absolute atomic E-state index is 0.700. The number of benzene rings is 1. The fourth-order valence-corrected chi connectivity index (χ4v) is 3.73. The fraction of sp³-hybridized carbons (Fsp3) is 0.647. The lowest BCUT2D eigenvalue weighted by atomic mass is 9.99. The number of hydrogen-bond donors (Lipinski definition) is 1. The van der Waals surface area contributed by atoms with Crippen LogP contribution in [0.1, 0.15) is 43.7 Å². The molecule has 0 saturated heterocycles. The first kappa shape index (κ1) is 14.4. The van der Waals surface area contributed by atoms with Gasteiger partial charge in [-0.05, 0) is 67.8 Å². The molecule has 1 aliphatic carbocycles. The monoisotopic (exact) mass is 337 g/mol. The van der Waals surface area contributed by atoms with Crippen LogP contribution in [-0.2, 0) is 12.8 Å². The van der Waals surface area contributed by atoms with Gasteiger partial charge in [-0.1, -0.05) is 22.9 Å². The second-order valence-corrected chi connectivity index (χ2v) is 7.00. The van der Waals surface area contributed by atoms with E-state index < -0.39 is 0 Å². The molecule has 2 nitrogen and oxygen atoms in total. The molecule has 2 aliphatic rings. The number of hydrogen-bond acceptors (Lipinski definition) is 2. The lowest BCUT2D eigenvalue weighted by Crippen LogP contribution is -2.32. The quantitative estimate of drug-likeness (QED) is 0.808. The second-order valence-electron chi connectivity index (χ2n) is 6.09. The Labute approximate surface area is 130 Å². The molecule has 0 amide bonds. The van der Waals surface area contributed by atoms with Crippen molar-refractivity contribution in [2.24, 2.45) is 5.92 Å². The van der Waals surface area contributed by atoms with Crippen molar-refractivity contribution in [2.45, 2.75) is 51.5 Å². The molecule has 110 valence electrons. The minimum atomic E-state index is 0.700. The summed E-state index contributed by atoms with van der Waals surface area (Å²) in [7, 11) is 0. The third-order valence-electron chi connectivity index (χ3n) is 4.40. The number of aryl methyl sites for hydroxylation is 1. The molecule has 0 bridgehead atoms. The van der Waals surface area contributed by atoms with E-state index in [2.05, 4.69) is 40.3 Å². The van der Waals surface area contributed by atoms with Crippen molar-refractivity contribution in [1.82, 2.24) is 5.32 Å². The highest BCUT2D eigenvalue weighted by atomic mass is 79.9. The molecule has 1 unspecified atom stereocenters. The number of nitrogens with one attached hydrogen (secondary N) is 1. The first-order chi connectivity index (χ1) is 9.78. The molecule has 1 aromatic rings. The van der Waals surface area contributed by atoms with Crippen LogP contribution in [0.15, 0.2) is 16.6 Å². The molecule has 1 atom stereocenters. The third kappa shape index (κ3) is 3.37. The highest BCUT2D eigenvalue weighted by Crippen LogP contribution is 2.37. The lowest BCUT2D eigenvalue weighted by molar-refractivity contribution is 0.351. The molecule has 3 heteroatoms. The largest absolute Gasteiger partial charge is 0.493 e. The van der Waals surface area contributed by atoms with Gasteiger partial charge in [0.2, 0.25) is 0 Å². The molecule has 0 radical (unpaired) electrons. The van der Waals surface area contributed by atoms with Crippen LogP contribution in [0.4, 0.5) is 0 Å². The van der Waals surface area contributed by atoms with Crippen LogP contribution in [-0.4, -0.2) is 19.2 Å². The van der Waals surface area contributed by atoms with Crippen molar-refractivity contribution < 1.29 is 4.74 Å². The molecule has 1 aliphatic heterocycles. The molecular weight excluding hydrogens is 314 g/mol. The summed E-state index contributed by atoms with van der Waals surface area (Å²) in [5.74, 6) is 2.08. The molecule has 0 aromatic heterocycles. The number of fused-ring (bicyclic) bond motifs is 1. The predicted molar refractivity (Wildman–Crippen MR) is 86.5 cm³/mol. The van der Waals surface area contributed by atoms with Crippen LogP contribution in [0, 0.1) is 5.92 Å². The first-order valence-electron chi connectivity index (χ1n) is 7.95. The molecule has 1 saturated carbocycles. The van der Waals surface area contributed by atoms with Gasteiger partial charge in [0.25, 0.3) is 0 Å². The Bertz CT molecular complexity index is 470. The van der Waals surface area contributed by atoms with E-state index in [0.717, 1.165) is 31.9 Å². The average molecular weight is 338 g/mol. The van der Waals surface area contributed by atoms with E-state index in [1.807, 2.05) is 0 Å². The van der Waals surface area contributed by atoms with Crippen LogP contribution in [0.3, 0.4) is 0 Å². The Hall–Kier alpha value is -0.540. The van der Waals surface area contributed by atoms with Gasteiger partial charge in [-0.3, -0.25) is 0 Å². The van der Waals surface area contributed by atoms with Gasteiger partial charge in [0.15, 0.2) is 0 Å². The maximum Gasteiger partial charge on any atom is 0.125 e. The smallest absolute Gasteiger partial charge is 0.125 e.